The van der Waals surface area contributed by atoms with E-state index in [9.17, 15) is 22.4 Å². The van der Waals surface area contributed by atoms with Crippen molar-refractivity contribution in [2.45, 2.75) is 94.4 Å². The molecule has 2 saturated heterocycles. The van der Waals surface area contributed by atoms with Crippen LogP contribution in [-0.4, -0.2) is 53.6 Å². The Bertz CT molecular complexity index is 1230. The fourth-order valence-corrected chi connectivity index (χ4v) is 9.15. The lowest BCUT2D eigenvalue weighted by atomic mass is 9.68. The first kappa shape index (κ1) is 30.9. The van der Waals surface area contributed by atoms with Crippen LogP contribution < -0.4 is 10.4 Å². The van der Waals surface area contributed by atoms with Crippen LogP contribution in [0.15, 0.2) is 30.3 Å². The number of fused-ring (bicyclic) bond motifs is 2. The van der Waals surface area contributed by atoms with Crippen LogP contribution in [0, 0.1) is 11.8 Å². The number of piperidine rings is 1. The van der Waals surface area contributed by atoms with Crippen molar-refractivity contribution >= 4 is 23.2 Å². The van der Waals surface area contributed by atoms with Crippen molar-refractivity contribution in [1.82, 2.24) is 9.88 Å². The quantitative estimate of drug-likeness (QED) is 0.531. The molecule has 1 aromatic carbocycles. The number of nitrogens with two attached hydrogens (primary N) is 1. The Kier molecular flexibility index (Phi) is 9.56. The highest BCUT2D eigenvalue weighted by Gasteiger charge is 2.56. The summed E-state index contributed by atoms with van der Waals surface area (Å²) in [5.74, 6) is -1.46. The molecule has 1 spiro atoms. The second-order valence-electron chi connectivity index (χ2n) is 12.2. The number of aliphatic carboxylic acids is 1. The SMILES string of the molecule is O=C([C@@H]1C[NH2+]C[C@]12CCCc1nc(CF)sc12)N1CC[C@@H](c2ccccc2)C[C@H]1C1CCCCC1.O=C([O-])C(F)(F)F. The predicted octanol–water partition coefficient (Wildman–Crippen LogP) is 4.03. The number of amides is 1. The summed E-state index contributed by atoms with van der Waals surface area (Å²) in [4.78, 5) is 31.5. The number of rotatable bonds is 4. The molecule has 0 unspecified atom stereocenters. The number of thiazole rings is 1. The third-order valence-corrected chi connectivity index (χ3v) is 11.1. The monoisotopic (exact) mass is 609 g/mol. The zero-order chi connectivity index (χ0) is 29.9. The van der Waals surface area contributed by atoms with E-state index in [2.05, 4.69) is 45.5 Å². The summed E-state index contributed by atoms with van der Waals surface area (Å²) in [6.07, 6.45) is 6.45. The van der Waals surface area contributed by atoms with Gasteiger partial charge in [0.2, 0.25) is 5.91 Å². The topological polar surface area (TPSA) is 89.9 Å². The van der Waals surface area contributed by atoms with Gasteiger partial charge in [0.05, 0.1) is 24.2 Å². The summed E-state index contributed by atoms with van der Waals surface area (Å²) in [5, 5.41) is 11.7. The highest BCUT2D eigenvalue weighted by molar-refractivity contribution is 7.12. The number of nitrogens with zero attached hydrogens (tertiary/aromatic N) is 2. The van der Waals surface area contributed by atoms with E-state index in [-0.39, 0.29) is 11.3 Å². The fraction of sp³-hybridized carbons (Fsp3) is 0.645. The molecule has 11 heteroatoms. The Morgan fingerprint density at radius 2 is 1.81 bits per heavy atom. The number of aromatic nitrogens is 1. The number of carbonyl (C=O) groups is 2. The summed E-state index contributed by atoms with van der Waals surface area (Å²) < 4.78 is 45.1. The Morgan fingerprint density at radius 3 is 2.48 bits per heavy atom. The lowest BCUT2D eigenvalue weighted by Gasteiger charge is -2.47. The number of alkyl halides is 4. The van der Waals surface area contributed by atoms with E-state index < -0.39 is 18.8 Å². The smallest absolute Gasteiger partial charge is 0.430 e. The fourth-order valence-electron chi connectivity index (χ4n) is 7.91. The normalized spacial score (nSPS) is 28.2. The van der Waals surface area contributed by atoms with E-state index in [1.54, 1.807) is 11.3 Å². The molecule has 2 aromatic rings. The molecule has 1 amide bonds. The molecule has 42 heavy (non-hydrogen) atoms. The number of quaternary nitrogens is 1. The second kappa shape index (κ2) is 13.0. The average Bonchev–Trinajstić information content (AvgIpc) is 3.63. The molecular weight excluding hydrogens is 570 g/mol. The van der Waals surface area contributed by atoms with Crippen molar-refractivity contribution in [1.29, 1.82) is 0 Å². The Labute approximate surface area is 247 Å². The maximum Gasteiger partial charge on any atom is 0.430 e. The van der Waals surface area contributed by atoms with Crippen LogP contribution >= 0.6 is 11.3 Å². The molecule has 4 atom stereocenters. The zero-order valence-electron chi connectivity index (χ0n) is 23.7. The molecule has 3 heterocycles. The van der Waals surface area contributed by atoms with Gasteiger partial charge in [-0.2, -0.15) is 13.2 Å². The van der Waals surface area contributed by atoms with Crippen LogP contribution in [0.3, 0.4) is 0 Å². The van der Waals surface area contributed by atoms with Crippen LogP contribution in [0.25, 0.3) is 0 Å². The van der Waals surface area contributed by atoms with Gasteiger partial charge in [0.1, 0.15) is 23.6 Å². The number of carboxylic acids is 1. The number of halogens is 4. The molecule has 2 aliphatic carbocycles. The molecule has 6 nitrogen and oxygen atoms in total. The van der Waals surface area contributed by atoms with Gasteiger partial charge in [0, 0.05) is 17.5 Å². The van der Waals surface area contributed by atoms with Crippen LogP contribution in [0.1, 0.15) is 84.8 Å². The number of likely N-dealkylation sites (tertiary alicyclic amines) is 1. The van der Waals surface area contributed by atoms with E-state index in [1.807, 2.05) is 0 Å². The van der Waals surface area contributed by atoms with Crippen molar-refractivity contribution < 1.29 is 37.6 Å². The molecule has 1 aromatic heterocycles. The van der Waals surface area contributed by atoms with Crippen LogP contribution in [-0.2, 0) is 28.1 Å². The Balaban J connectivity index is 0.000000451. The van der Waals surface area contributed by atoms with E-state index in [4.69, 9.17) is 9.90 Å². The highest BCUT2D eigenvalue weighted by atomic mass is 32.1. The van der Waals surface area contributed by atoms with E-state index in [0.29, 0.717) is 28.8 Å². The van der Waals surface area contributed by atoms with Crippen LogP contribution in [0.2, 0.25) is 0 Å². The zero-order valence-corrected chi connectivity index (χ0v) is 24.5. The van der Waals surface area contributed by atoms with Crippen molar-refractivity contribution in [3.63, 3.8) is 0 Å². The first-order valence-electron chi connectivity index (χ1n) is 15.1. The molecular formula is C31H39F4N3O3S. The highest BCUT2D eigenvalue weighted by Crippen LogP contribution is 2.48. The minimum Gasteiger partial charge on any atom is -0.542 e. The lowest BCUT2D eigenvalue weighted by molar-refractivity contribution is -0.640. The Morgan fingerprint density at radius 1 is 1.10 bits per heavy atom. The molecule has 2 aliphatic heterocycles. The summed E-state index contributed by atoms with van der Waals surface area (Å²) in [6.45, 7) is 2.18. The summed E-state index contributed by atoms with van der Waals surface area (Å²) in [6, 6.07) is 11.3. The third kappa shape index (κ3) is 6.37. The molecule has 6 rings (SSSR count). The molecule has 0 bridgehead atoms. The van der Waals surface area contributed by atoms with Gasteiger partial charge in [0.15, 0.2) is 0 Å². The maximum absolute atomic E-state index is 14.5. The Hall–Kier alpha value is -2.53. The van der Waals surface area contributed by atoms with Crippen molar-refractivity contribution in [2.75, 3.05) is 19.6 Å². The van der Waals surface area contributed by atoms with Crippen molar-refractivity contribution in [2.24, 2.45) is 11.8 Å². The number of hydrogen-bond donors (Lipinski definition) is 1. The molecule has 4 aliphatic rings. The van der Waals surface area contributed by atoms with E-state index in [1.165, 1.54) is 42.5 Å². The average molecular weight is 610 g/mol. The largest absolute Gasteiger partial charge is 0.542 e. The number of benzene rings is 1. The van der Waals surface area contributed by atoms with Gasteiger partial charge >= 0.3 is 6.18 Å². The van der Waals surface area contributed by atoms with Crippen LogP contribution in [0.5, 0.6) is 0 Å². The molecule has 3 fully saturated rings. The number of hydrogen-bond acceptors (Lipinski definition) is 5. The first-order chi connectivity index (χ1) is 20.1. The third-order valence-electron chi connectivity index (χ3n) is 9.85. The number of carboxylic acid groups (broad SMARTS) is 1. The molecule has 230 valence electrons. The summed E-state index contributed by atoms with van der Waals surface area (Å²) in [7, 11) is 0. The van der Waals surface area contributed by atoms with Crippen LogP contribution in [0.4, 0.5) is 17.6 Å². The minimum absolute atomic E-state index is 0.00572. The summed E-state index contributed by atoms with van der Waals surface area (Å²) in [5.41, 5.74) is 2.36. The van der Waals surface area contributed by atoms with Gasteiger partial charge in [-0.25, -0.2) is 9.37 Å². The summed E-state index contributed by atoms with van der Waals surface area (Å²) >= 11 is 1.55. The first-order valence-corrected chi connectivity index (χ1v) is 16.0. The molecule has 0 radical (unpaired) electrons. The number of aryl methyl sites for hydroxylation is 1. The van der Waals surface area contributed by atoms with Gasteiger partial charge in [-0.3, -0.25) is 4.79 Å². The lowest BCUT2D eigenvalue weighted by Crippen LogP contribution is -2.82. The molecule has 1 saturated carbocycles. The molecule has 2 N–H and O–H groups in total. The van der Waals surface area contributed by atoms with Gasteiger partial charge in [-0.05, 0) is 62.3 Å². The van der Waals surface area contributed by atoms with Crippen molar-refractivity contribution in [3.8, 4) is 0 Å². The van der Waals surface area contributed by atoms with Gasteiger partial charge < -0.3 is 20.1 Å². The predicted molar refractivity (Wildman–Crippen MR) is 148 cm³/mol. The standard InChI is InChI=1S/C29H38FN3OS.C2HF3O2/c30-17-26-32-24-12-7-14-29(27(24)35-26)19-31-18-23(29)28(34)33-15-13-22(20-8-3-1-4-9-20)16-25(33)21-10-5-2-6-11-21;3-2(4,5)1(6)7/h1,3-4,8-9,21-23,25,31H,2,5-7,10-19H2;(H,6,7)/t22-,23+,25+,29-;/m1./s1. The second-order valence-corrected chi connectivity index (χ2v) is 13.3. The number of carbonyl (C=O) groups excluding carboxylic acids is 2. The van der Waals surface area contributed by atoms with Gasteiger partial charge in [-0.1, -0.05) is 49.6 Å². The van der Waals surface area contributed by atoms with E-state index >= 15 is 0 Å². The van der Waals surface area contributed by atoms with Crippen molar-refractivity contribution in [3.05, 3.63) is 51.5 Å². The van der Waals surface area contributed by atoms with Gasteiger partial charge in [0.25, 0.3) is 0 Å². The van der Waals surface area contributed by atoms with E-state index in [0.717, 1.165) is 57.4 Å². The maximum atomic E-state index is 14.5. The van der Waals surface area contributed by atoms with Gasteiger partial charge in [-0.15, -0.1) is 11.3 Å². The minimum atomic E-state index is -5.19.